The van der Waals surface area contributed by atoms with Crippen LogP contribution in [0.3, 0.4) is 0 Å². The van der Waals surface area contributed by atoms with Gasteiger partial charge in [0.1, 0.15) is 0 Å². The van der Waals surface area contributed by atoms with Gasteiger partial charge in [0.05, 0.1) is 12.2 Å². The van der Waals surface area contributed by atoms with E-state index in [1.165, 1.54) is 0 Å². The Labute approximate surface area is 82.0 Å². The molecule has 0 heterocycles. The molecule has 2 heteroatoms. The van der Waals surface area contributed by atoms with Crippen molar-refractivity contribution < 1.29 is 10.2 Å². The second-order valence-electron chi connectivity index (χ2n) is 5.13. The highest BCUT2D eigenvalue weighted by molar-refractivity contribution is 4.80. The zero-order valence-electron chi connectivity index (χ0n) is 9.54. The molecule has 2 N–H and O–H groups in total. The van der Waals surface area contributed by atoms with Gasteiger partial charge in [-0.15, -0.1) is 0 Å². The predicted molar refractivity (Wildman–Crippen MR) is 55.5 cm³/mol. The zero-order valence-corrected chi connectivity index (χ0v) is 9.54. The molecule has 3 unspecified atom stereocenters. The van der Waals surface area contributed by atoms with E-state index in [1.807, 2.05) is 20.8 Å². The smallest absolute Gasteiger partial charge is 0.0847 e. The molecule has 0 aliphatic heterocycles. The van der Waals surface area contributed by atoms with Crippen LogP contribution < -0.4 is 0 Å². The number of aliphatic hydroxyl groups excluding tert-OH is 2. The highest BCUT2D eigenvalue weighted by atomic mass is 16.3. The molecule has 80 valence electrons. The van der Waals surface area contributed by atoms with Crippen LogP contribution in [-0.4, -0.2) is 22.4 Å². The number of aliphatic hydroxyl groups is 2. The average molecular weight is 188 g/mol. The van der Waals surface area contributed by atoms with Crippen LogP contribution >= 0.6 is 0 Å². The van der Waals surface area contributed by atoms with E-state index in [-0.39, 0.29) is 5.41 Å². The summed E-state index contributed by atoms with van der Waals surface area (Å²) < 4.78 is 0. The fourth-order valence-electron chi connectivity index (χ4n) is 1.28. The van der Waals surface area contributed by atoms with Gasteiger partial charge in [0.15, 0.2) is 0 Å². The fraction of sp³-hybridized carbons (Fsp3) is 1.00. The van der Waals surface area contributed by atoms with E-state index >= 15 is 0 Å². The summed E-state index contributed by atoms with van der Waals surface area (Å²) in [5, 5.41) is 19.5. The van der Waals surface area contributed by atoms with Crippen molar-refractivity contribution in [2.45, 2.75) is 59.7 Å². The van der Waals surface area contributed by atoms with E-state index in [4.69, 9.17) is 0 Å². The first-order chi connectivity index (χ1) is 5.79. The van der Waals surface area contributed by atoms with Crippen LogP contribution in [0.1, 0.15) is 47.5 Å². The summed E-state index contributed by atoms with van der Waals surface area (Å²) in [6, 6.07) is 0. The monoisotopic (exact) mass is 188 g/mol. The van der Waals surface area contributed by atoms with Crippen LogP contribution in [-0.2, 0) is 0 Å². The Kier molecular flexibility index (Phi) is 4.93. The van der Waals surface area contributed by atoms with E-state index in [1.54, 1.807) is 0 Å². The molecule has 0 aliphatic rings. The van der Waals surface area contributed by atoms with Crippen molar-refractivity contribution in [1.82, 2.24) is 0 Å². The van der Waals surface area contributed by atoms with E-state index in [0.29, 0.717) is 12.3 Å². The van der Waals surface area contributed by atoms with Crippen LogP contribution in [0.25, 0.3) is 0 Å². The van der Waals surface area contributed by atoms with Gasteiger partial charge in [0, 0.05) is 0 Å². The molecule has 2 nitrogen and oxygen atoms in total. The first-order valence-corrected chi connectivity index (χ1v) is 5.15. The summed E-state index contributed by atoms with van der Waals surface area (Å²) in [5.74, 6) is 0.479. The van der Waals surface area contributed by atoms with Crippen molar-refractivity contribution in [3.05, 3.63) is 0 Å². The van der Waals surface area contributed by atoms with Crippen LogP contribution in [0.2, 0.25) is 0 Å². The third kappa shape index (κ3) is 4.63. The molecule has 0 saturated carbocycles. The summed E-state index contributed by atoms with van der Waals surface area (Å²) in [4.78, 5) is 0. The van der Waals surface area contributed by atoms with E-state index in [9.17, 15) is 10.2 Å². The third-order valence-corrected chi connectivity index (χ3v) is 2.59. The lowest BCUT2D eigenvalue weighted by Crippen LogP contribution is -2.38. The minimum atomic E-state index is -0.624. The Balaban J connectivity index is 4.03. The summed E-state index contributed by atoms with van der Waals surface area (Å²) >= 11 is 0. The van der Waals surface area contributed by atoms with Crippen molar-refractivity contribution in [2.75, 3.05) is 0 Å². The summed E-state index contributed by atoms with van der Waals surface area (Å²) in [6.45, 7) is 10.0. The van der Waals surface area contributed by atoms with Crippen molar-refractivity contribution in [3.8, 4) is 0 Å². The zero-order chi connectivity index (χ0) is 10.6. The fourth-order valence-corrected chi connectivity index (χ4v) is 1.28. The van der Waals surface area contributed by atoms with Gasteiger partial charge in [-0.25, -0.2) is 0 Å². The van der Waals surface area contributed by atoms with Gasteiger partial charge in [-0.1, -0.05) is 41.0 Å². The normalized spacial score (nSPS) is 19.6. The maximum absolute atomic E-state index is 9.75. The molecule has 0 fully saturated rings. The molecule has 13 heavy (non-hydrogen) atoms. The van der Waals surface area contributed by atoms with Gasteiger partial charge in [0.2, 0.25) is 0 Å². The first-order valence-electron chi connectivity index (χ1n) is 5.15. The molecule has 0 aromatic rings. The summed E-state index contributed by atoms with van der Waals surface area (Å²) in [7, 11) is 0. The molecule has 0 amide bonds. The molecule has 0 bridgehead atoms. The molecule has 0 aromatic carbocycles. The third-order valence-electron chi connectivity index (χ3n) is 2.59. The Morgan fingerprint density at radius 2 is 1.62 bits per heavy atom. The lowest BCUT2D eigenvalue weighted by molar-refractivity contribution is -0.0529. The lowest BCUT2D eigenvalue weighted by atomic mass is 9.83. The molecule has 0 spiro atoms. The molecule has 0 saturated heterocycles. The molecule has 0 aromatic heterocycles. The largest absolute Gasteiger partial charge is 0.390 e. The van der Waals surface area contributed by atoms with E-state index < -0.39 is 12.2 Å². The van der Waals surface area contributed by atoms with Gasteiger partial charge in [-0.05, 0) is 17.8 Å². The number of hydrogen-bond donors (Lipinski definition) is 2. The highest BCUT2D eigenvalue weighted by Crippen LogP contribution is 2.25. The first kappa shape index (κ1) is 12.9. The van der Waals surface area contributed by atoms with Crippen LogP contribution in [0.5, 0.6) is 0 Å². The van der Waals surface area contributed by atoms with Crippen molar-refractivity contribution in [3.63, 3.8) is 0 Å². The van der Waals surface area contributed by atoms with Crippen LogP contribution in [0.15, 0.2) is 0 Å². The molecule has 3 atom stereocenters. The van der Waals surface area contributed by atoms with Gasteiger partial charge >= 0.3 is 0 Å². The number of rotatable bonds is 4. The van der Waals surface area contributed by atoms with Gasteiger partial charge in [-0.2, -0.15) is 0 Å². The van der Waals surface area contributed by atoms with Crippen molar-refractivity contribution in [1.29, 1.82) is 0 Å². The van der Waals surface area contributed by atoms with Crippen LogP contribution in [0.4, 0.5) is 0 Å². The Morgan fingerprint density at radius 3 is 1.92 bits per heavy atom. The standard InChI is InChI=1S/C11H24O2/c1-6-8(2)7-9(12)10(13)11(3,4)5/h8-10,12-13H,6-7H2,1-5H3. The minimum absolute atomic E-state index is 0.229. The minimum Gasteiger partial charge on any atom is -0.390 e. The van der Waals surface area contributed by atoms with Gasteiger partial charge in [0.25, 0.3) is 0 Å². The predicted octanol–water partition coefficient (Wildman–Crippen LogP) is 2.19. The quantitative estimate of drug-likeness (QED) is 0.710. The lowest BCUT2D eigenvalue weighted by Gasteiger charge is -2.31. The SMILES string of the molecule is CCC(C)CC(O)C(O)C(C)(C)C. The maximum atomic E-state index is 9.75. The molecule has 0 radical (unpaired) electrons. The van der Waals surface area contributed by atoms with E-state index in [2.05, 4.69) is 13.8 Å². The summed E-state index contributed by atoms with van der Waals surface area (Å²) in [6.07, 6.45) is 0.527. The Hall–Kier alpha value is -0.0800. The maximum Gasteiger partial charge on any atom is 0.0847 e. The second-order valence-corrected chi connectivity index (χ2v) is 5.13. The summed E-state index contributed by atoms with van der Waals surface area (Å²) in [5.41, 5.74) is -0.229. The molecular formula is C11H24O2. The molecule has 0 rings (SSSR count). The van der Waals surface area contributed by atoms with Gasteiger partial charge in [-0.3, -0.25) is 0 Å². The molecule has 0 aliphatic carbocycles. The highest BCUT2D eigenvalue weighted by Gasteiger charge is 2.29. The van der Waals surface area contributed by atoms with Gasteiger partial charge < -0.3 is 10.2 Å². The average Bonchev–Trinajstić information content (AvgIpc) is 2.01. The Morgan fingerprint density at radius 1 is 1.15 bits per heavy atom. The van der Waals surface area contributed by atoms with Crippen molar-refractivity contribution in [2.24, 2.45) is 11.3 Å². The Bertz CT molecular complexity index is 138. The second kappa shape index (κ2) is 4.97. The van der Waals surface area contributed by atoms with Crippen molar-refractivity contribution >= 4 is 0 Å². The topological polar surface area (TPSA) is 40.5 Å². The van der Waals surface area contributed by atoms with Crippen LogP contribution in [0, 0.1) is 11.3 Å². The molecular weight excluding hydrogens is 164 g/mol. The number of hydrogen-bond acceptors (Lipinski definition) is 2. The van der Waals surface area contributed by atoms with E-state index in [0.717, 1.165) is 6.42 Å².